The van der Waals surface area contributed by atoms with Crippen molar-refractivity contribution in [1.82, 2.24) is 15.4 Å². The molecule has 310 valence electrons. The third kappa shape index (κ3) is 6.97. The lowest BCUT2D eigenvalue weighted by Gasteiger charge is -2.54. The van der Waals surface area contributed by atoms with Gasteiger partial charge in [0.1, 0.15) is 36.1 Å². The first-order valence-corrected chi connectivity index (χ1v) is 23.5. The van der Waals surface area contributed by atoms with E-state index >= 15 is 14.0 Å². The van der Waals surface area contributed by atoms with Crippen LogP contribution in [0.15, 0.2) is 89.5 Å². The van der Waals surface area contributed by atoms with E-state index in [1.165, 1.54) is 0 Å². The molecule has 2 fully saturated rings. The van der Waals surface area contributed by atoms with Crippen LogP contribution in [0, 0.1) is 17.7 Å². The number of ether oxygens (including phenoxy) is 2. The second-order valence-electron chi connectivity index (χ2n) is 18.0. The number of carbonyl (C=O) groups is 2. The number of nitrogens with zero attached hydrogens (tertiary/aromatic N) is 2. The number of nitrogens with one attached hydrogen (secondary N) is 1. The van der Waals surface area contributed by atoms with Gasteiger partial charge < -0.3 is 28.8 Å². The van der Waals surface area contributed by atoms with E-state index in [0.29, 0.717) is 17.7 Å². The van der Waals surface area contributed by atoms with Crippen LogP contribution < -0.4 is 14.8 Å². The molecule has 2 heterocycles. The predicted octanol–water partition coefficient (Wildman–Crippen LogP) is 9.24. The largest absolute Gasteiger partial charge is 0.507 e. The molecule has 0 spiro atoms. The molecule has 4 aliphatic rings. The third-order valence-electron chi connectivity index (χ3n) is 13.3. The average molecular weight is 820 g/mol. The fourth-order valence-corrected chi connectivity index (χ4v) is 10.7. The van der Waals surface area contributed by atoms with Gasteiger partial charge in [0.2, 0.25) is 11.6 Å². The van der Waals surface area contributed by atoms with Crippen molar-refractivity contribution in [2.45, 2.75) is 95.5 Å². The summed E-state index contributed by atoms with van der Waals surface area (Å²) in [5.74, 6) is -3.02. The van der Waals surface area contributed by atoms with Gasteiger partial charge in [-0.15, -0.1) is 6.58 Å². The van der Waals surface area contributed by atoms with Gasteiger partial charge in [-0.25, -0.2) is 4.39 Å². The molecule has 8 rings (SSSR count). The number of benzene rings is 3. The maximum absolute atomic E-state index is 17.2. The van der Waals surface area contributed by atoms with Crippen LogP contribution in [0.3, 0.4) is 0 Å². The SMILES string of the molecule is C=CCN[C@@H]1c2onc(OCc3ccccc3)c2C(=O)[C@@]2(O[Si](C)(C)C(C)(C)C)C(=O)C3=C(O)c4c(OCc5ccccc5)cc(C5CCCN5C)c(F)c4C[C@H]3C[C@@H]12. The van der Waals surface area contributed by atoms with Crippen LogP contribution in [0.25, 0.3) is 5.76 Å². The highest BCUT2D eigenvalue weighted by atomic mass is 28.4. The van der Waals surface area contributed by atoms with E-state index in [9.17, 15) is 5.11 Å². The second-order valence-corrected chi connectivity index (χ2v) is 22.7. The third-order valence-corrected chi connectivity index (χ3v) is 17.8. The van der Waals surface area contributed by atoms with Crippen molar-refractivity contribution in [2.24, 2.45) is 11.8 Å². The fourth-order valence-electron chi connectivity index (χ4n) is 9.28. The van der Waals surface area contributed by atoms with E-state index in [1.54, 1.807) is 12.1 Å². The van der Waals surface area contributed by atoms with Gasteiger partial charge in [0, 0.05) is 35.2 Å². The summed E-state index contributed by atoms with van der Waals surface area (Å²) in [6, 6.07) is 19.9. The molecule has 59 heavy (non-hydrogen) atoms. The molecule has 1 saturated heterocycles. The molecule has 3 aromatic carbocycles. The Balaban J connectivity index is 1.31. The average Bonchev–Trinajstić information content (AvgIpc) is 3.84. The number of ketones is 2. The number of rotatable bonds is 12. The Morgan fingerprint density at radius 1 is 1.03 bits per heavy atom. The van der Waals surface area contributed by atoms with Gasteiger partial charge in [-0.05, 0) is 85.7 Å². The standard InChI is InChI=1S/C47H54FN3O7Si/c1-8-21-49-40-33-24-30-23-32-37(35(55-26-28-16-11-9-12-17-28)25-31(39(32)48)34-20-15-22-51(34)5)41(52)36(30)43(53)47(33,58-59(6,7)46(2,3)4)44(54)38-42(40)57-50-45(38)56-27-29-18-13-10-14-19-29/h8-14,16-19,25,30,33-34,40,49,52H,1,15,20-24,26-27H2,2-7H3/t30-,33-,34?,40-,47-/m0/s1. The number of aromatic nitrogens is 1. The van der Waals surface area contributed by atoms with Gasteiger partial charge in [0.05, 0.1) is 11.6 Å². The monoisotopic (exact) mass is 819 g/mol. The number of Topliss-reactive ketones (excluding diaryl/α,β-unsaturated/α-hetero) is 2. The van der Waals surface area contributed by atoms with Gasteiger partial charge in [-0.2, -0.15) is 0 Å². The summed E-state index contributed by atoms with van der Waals surface area (Å²) in [4.78, 5) is 33.6. The van der Waals surface area contributed by atoms with E-state index in [1.807, 2.05) is 102 Å². The normalized spacial score (nSPS) is 24.3. The number of halogens is 1. The first-order valence-electron chi connectivity index (χ1n) is 20.6. The zero-order valence-electron chi connectivity index (χ0n) is 34.8. The first kappa shape index (κ1) is 40.9. The number of hydrogen-bond acceptors (Lipinski definition) is 10. The lowest BCUT2D eigenvalue weighted by atomic mass is 9.57. The molecule has 0 bridgehead atoms. The Morgan fingerprint density at radius 2 is 1.69 bits per heavy atom. The summed E-state index contributed by atoms with van der Waals surface area (Å²) in [6.45, 7) is 15.5. The quantitative estimate of drug-likeness (QED) is 0.0813. The molecule has 4 aromatic rings. The van der Waals surface area contributed by atoms with Crippen molar-refractivity contribution >= 4 is 25.6 Å². The molecule has 5 atom stereocenters. The maximum Gasteiger partial charge on any atom is 0.265 e. The van der Waals surface area contributed by atoms with Crippen LogP contribution in [0.5, 0.6) is 11.6 Å². The number of likely N-dealkylation sites (tertiary alicyclic amines) is 1. The number of hydrogen-bond donors (Lipinski definition) is 2. The summed E-state index contributed by atoms with van der Waals surface area (Å²) >= 11 is 0. The van der Waals surface area contributed by atoms with Crippen molar-refractivity contribution in [1.29, 1.82) is 0 Å². The number of carbonyl (C=O) groups excluding carboxylic acids is 2. The molecule has 0 amide bonds. The number of aliphatic hydroxyl groups excluding tert-OH is 1. The maximum atomic E-state index is 17.2. The highest BCUT2D eigenvalue weighted by molar-refractivity contribution is 6.74. The topological polar surface area (TPSA) is 123 Å². The van der Waals surface area contributed by atoms with Gasteiger partial charge in [0.25, 0.3) is 5.88 Å². The summed E-state index contributed by atoms with van der Waals surface area (Å²) in [7, 11) is -0.977. The van der Waals surface area contributed by atoms with Crippen LogP contribution in [0.4, 0.5) is 4.39 Å². The van der Waals surface area contributed by atoms with E-state index in [2.05, 4.69) is 22.0 Å². The molecule has 0 radical (unpaired) electrons. The molecule has 3 aliphatic carbocycles. The van der Waals surface area contributed by atoms with Crippen molar-refractivity contribution in [2.75, 3.05) is 20.1 Å². The van der Waals surface area contributed by atoms with Crippen molar-refractivity contribution in [3.05, 3.63) is 130 Å². The van der Waals surface area contributed by atoms with Crippen molar-refractivity contribution < 1.29 is 37.5 Å². The van der Waals surface area contributed by atoms with Gasteiger partial charge in [-0.1, -0.05) is 87.5 Å². The second kappa shape index (κ2) is 15.6. The van der Waals surface area contributed by atoms with Gasteiger partial charge >= 0.3 is 0 Å². The van der Waals surface area contributed by atoms with E-state index in [0.717, 1.165) is 30.5 Å². The molecular formula is C47H54FN3O7Si. The lowest BCUT2D eigenvalue weighted by Crippen LogP contribution is -2.68. The minimum atomic E-state index is -2.97. The van der Waals surface area contributed by atoms with Gasteiger partial charge in [0.15, 0.2) is 19.7 Å². The van der Waals surface area contributed by atoms with Crippen molar-refractivity contribution in [3.63, 3.8) is 0 Å². The highest BCUT2D eigenvalue weighted by Gasteiger charge is 2.68. The molecule has 1 aliphatic heterocycles. The Kier molecular flexibility index (Phi) is 10.8. The number of fused-ring (bicyclic) bond motifs is 4. The molecule has 1 saturated carbocycles. The predicted molar refractivity (Wildman–Crippen MR) is 225 cm³/mol. The van der Waals surface area contributed by atoms with E-state index in [-0.39, 0.29) is 71.9 Å². The molecule has 10 nitrogen and oxygen atoms in total. The van der Waals surface area contributed by atoms with Crippen molar-refractivity contribution in [3.8, 4) is 11.6 Å². The Hall–Kier alpha value is -4.88. The fraction of sp³-hybridized carbons (Fsp3) is 0.426. The van der Waals surface area contributed by atoms with Crippen LogP contribution in [-0.2, 0) is 28.9 Å². The van der Waals surface area contributed by atoms with Crippen LogP contribution in [-0.4, -0.2) is 60.8 Å². The van der Waals surface area contributed by atoms with Crippen LogP contribution in [0.1, 0.15) is 96.1 Å². The van der Waals surface area contributed by atoms with E-state index in [4.69, 9.17) is 18.4 Å². The smallest absolute Gasteiger partial charge is 0.265 e. The Labute approximate surface area is 346 Å². The van der Waals surface area contributed by atoms with Crippen LogP contribution >= 0.6 is 0 Å². The van der Waals surface area contributed by atoms with E-state index < -0.39 is 54.2 Å². The van der Waals surface area contributed by atoms with Crippen LogP contribution in [0.2, 0.25) is 18.1 Å². The zero-order valence-corrected chi connectivity index (χ0v) is 35.8. The Morgan fingerprint density at radius 3 is 2.31 bits per heavy atom. The summed E-state index contributed by atoms with van der Waals surface area (Å²) < 4.78 is 43.1. The molecule has 12 heteroatoms. The minimum absolute atomic E-state index is 0.0313. The number of aliphatic hydroxyl groups is 1. The molecular weight excluding hydrogens is 766 g/mol. The first-order chi connectivity index (χ1) is 28.2. The highest BCUT2D eigenvalue weighted by Crippen LogP contribution is 2.58. The summed E-state index contributed by atoms with van der Waals surface area (Å²) in [5.41, 5.74) is 0.681. The summed E-state index contributed by atoms with van der Waals surface area (Å²) in [6.07, 6.45) is 3.72. The summed E-state index contributed by atoms with van der Waals surface area (Å²) in [5, 5.41) is 19.9. The molecule has 1 aromatic heterocycles. The molecule has 2 N–H and O–H groups in total. The molecule has 1 unspecified atom stereocenters. The Bertz CT molecular complexity index is 2300. The lowest BCUT2D eigenvalue weighted by molar-refractivity contribution is -0.138. The zero-order chi connectivity index (χ0) is 41.9. The minimum Gasteiger partial charge on any atom is -0.507 e. The van der Waals surface area contributed by atoms with Gasteiger partial charge in [-0.3, -0.25) is 14.5 Å².